The van der Waals surface area contributed by atoms with Crippen LogP contribution in [-0.2, 0) is 28.2 Å². The van der Waals surface area contributed by atoms with E-state index in [1.54, 1.807) is 13.4 Å². The second kappa shape index (κ2) is 8.77. The smallest absolute Gasteiger partial charge is 0.274 e. The first kappa shape index (κ1) is 21.5. The normalized spacial score (nSPS) is 14.2. The van der Waals surface area contributed by atoms with Crippen LogP contribution in [0.2, 0.25) is 0 Å². The summed E-state index contributed by atoms with van der Waals surface area (Å²) in [6, 6.07) is 10.2. The van der Waals surface area contributed by atoms with Crippen molar-refractivity contribution < 1.29 is 14.3 Å². The lowest BCUT2D eigenvalue weighted by Crippen LogP contribution is -2.41. The van der Waals surface area contributed by atoms with Crippen LogP contribution in [-0.4, -0.2) is 34.0 Å². The number of aromatic nitrogens is 3. The zero-order valence-corrected chi connectivity index (χ0v) is 18.6. The standard InChI is InChI=1S/C24H30N4O3/c1-5-31-13-16-7-6-8-18(11-16)24(2,3)27-23(29)21-22-26-20(17-9-10-17)12-19(14-30-4)28(22)15-25-21/h6-8,11-12,15,17H,5,9-10,13-14H2,1-4H3,(H,27,29). The van der Waals surface area contributed by atoms with Gasteiger partial charge in [0.15, 0.2) is 11.3 Å². The Labute approximate surface area is 182 Å². The van der Waals surface area contributed by atoms with Crippen LogP contribution >= 0.6 is 0 Å². The van der Waals surface area contributed by atoms with Crippen LogP contribution in [0.15, 0.2) is 36.7 Å². The molecule has 0 radical (unpaired) electrons. The van der Waals surface area contributed by atoms with E-state index in [2.05, 4.69) is 22.4 Å². The van der Waals surface area contributed by atoms with Gasteiger partial charge in [-0.15, -0.1) is 0 Å². The van der Waals surface area contributed by atoms with Crippen molar-refractivity contribution in [3.63, 3.8) is 0 Å². The number of hydrogen-bond donors (Lipinski definition) is 1. The van der Waals surface area contributed by atoms with Crippen molar-refractivity contribution in [2.24, 2.45) is 0 Å². The molecule has 1 aliphatic carbocycles. The fourth-order valence-corrected chi connectivity index (χ4v) is 3.75. The van der Waals surface area contributed by atoms with E-state index in [4.69, 9.17) is 14.5 Å². The van der Waals surface area contributed by atoms with Gasteiger partial charge in [0.05, 0.1) is 24.4 Å². The highest BCUT2D eigenvalue weighted by Crippen LogP contribution is 2.39. The molecule has 0 unspecified atom stereocenters. The van der Waals surface area contributed by atoms with Gasteiger partial charge in [-0.1, -0.05) is 24.3 Å². The van der Waals surface area contributed by atoms with Crippen LogP contribution in [0.4, 0.5) is 0 Å². The second-order valence-corrected chi connectivity index (χ2v) is 8.58. The first-order valence-corrected chi connectivity index (χ1v) is 10.8. The maximum absolute atomic E-state index is 13.2. The first-order valence-electron chi connectivity index (χ1n) is 10.8. The molecule has 0 bridgehead atoms. The Kier molecular flexibility index (Phi) is 6.07. The lowest BCUT2D eigenvalue weighted by molar-refractivity contribution is 0.0908. The van der Waals surface area contributed by atoms with Crippen LogP contribution in [0.3, 0.4) is 0 Å². The Morgan fingerprint density at radius 1 is 1.26 bits per heavy atom. The van der Waals surface area contributed by atoms with E-state index in [1.165, 1.54) is 0 Å². The van der Waals surface area contributed by atoms with Gasteiger partial charge in [-0.25, -0.2) is 9.97 Å². The van der Waals surface area contributed by atoms with Crippen molar-refractivity contribution in [1.82, 2.24) is 19.7 Å². The average Bonchev–Trinajstić information content (AvgIpc) is 3.51. The minimum atomic E-state index is -0.585. The van der Waals surface area contributed by atoms with E-state index in [0.717, 1.165) is 35.4 Å². The quantitative estimate of drug-likeness (QED) is 0.565. The van der Waals surface area contributed by atoms with Crippen molar-refractivity contribution in [1.29, 1.82) is 0 Å². The number of rotatable bonds is 9. The lowest BCUT2D eigenvalue weighted by atomic mass is 9.92. The number of amides is 1. The summed E-state index contributed by atoms with van der Waals surface area (Å²) in [7, 11) is 1.66. The third-order valence-electron chi connectivity index (χ3n) is 5.65. The molecule has 1 aliphatic rings. The Hall–Kier alpha value is -2.77. The number of carbonyl (C=O) groups is 1. The van der Waals surface area contributed by atoms with Gasteiger partial charge in [0.1, 0.15) is 6.33 Å². The maximum atomic E-state index is 13.2. The molecule has 2 heterocycles. The molecule has 31 heavy (non-hydrogen) atoms. The number of fused-ring (bicyclic) bond motifs is 1. The van der Waals surface area contributed by atoms with Gasteiger partial charge in [-0.3, -0.25) is 9.20 Å². The summed E-state index contributed by atoms with van der Waals surface area (Å²) in [5.41, 5.74) is 4.37. The lowest BCUT2D eigenvalue weighted by Gasteiger charge is -2.27. The molecule has 0 aliphatic heterocycles. The molecule has 1 aromatic carbocycles. The van der Waals surface area contributed by atoms with E-state index >= 15 is 0 Å². The van der Waals surface area contributed by atoms with Crippen molar-refractivity contribution in [2.45, 2.75) is 58.3 Å². The number of nitrogens with zero attached hydrogens (tertiary/aromatic N) is 3. The SMILES string of the molecule is CCOCc1cccc(C(C)(C)NC(=O)c2ncn3c(COC)cc(C4CC4)nc23)c1. The molecule has 1 amide bonds. The number of benzene rings is 1. The van der Waals surface area contributed by atoms with Crippen LogP contribution in [0.1, 0.15) is 72.5 Å². The van der Waals surface area contributed by atoms with Crippen LogP contribution in [0.5, 0.6) is 0 Å². The van der Waals surface area contributed by atoms with Gasteiger partial charge in [0.2, 0.25) is 0 Å². The van der Waals surface area contributed by atoms with E-state index in [0.29, 0.717) is 37.1 Å². The molecule has 1 saturated carbocycles. The number of imidazole rings is 1. The summed E-state index contributed by atoms with van der Waals surface area (Å²) in [6.07, 6.45) is 3.92. The summed E-state index contributed by atoms with van der Waals surface area (Å²) in [6.45, 7) is 7.61. The summed E-state index contributed by atoms with van der Waals surface area (Å²) < 4.78 is 12.7. The first-order chi connectivity index (χ1) is 14.9. The molecule has 4 rings (SSSR count). The number of carbonyl (C=O) groups excluding carboxylic acids is 1. The summed E-state index contributed by atoms with van der Waals surface area (Å²) in [4.78, 5) is 22.4. The van der Waals surface area contributed by atoms with E-state index in [-0.39, 0.29) is 5.91 Å². The molecular formula is C24H30N4O3. The molecule has 0 atom stereocenters. The van der Waals surface area contributed by atoms with Crippen molar-refractivity contribution in [2.75, 3.05) is 13.7 Å². The van der Waals surface area contributed by atoms with E-state index in [1.807, 2.05) is 43.4 Å². The number of methoxy groups -OCH3 is 1. The predicted molar refractivity (Wildman–Crippen MR) is 118 cm³/mol. The number of nitrogens with one attached hydrogen (secondary N) is 1. The Morgan fingerprint density at radius 3 is 2.77 bits per heavy atom. The summed E-state index contributed by atoms with van der Waals surface area (Å²) >= 11 is 0. The molecule has 7 heteroatoms. The largest absolute Gasteiger partial charge is 0.378 e. The predicted octanol–water partition coefficient (Wildman–Crippen LogP) is 3.95. The minimum Gasteiger partial charge on any atom is -0.378 e. The molecule has 0 saturated heterocycles. The van der Waals surface area contributed by atoms with Crippen molar-refractivity contribution >= 4 is 11.6 Å². The molecule has 3 aromatic rings. The number of ether oxygens (including phenoxy) is 2. The van der Waals surface area contributed by atoms with Crippen molar-refractivity contribution in [3.05, 3.63) is 64.9 Å². The van der Waals surface area contributed by atoms with Gasteiger partial charge in [0.25, 0.3) is 5.91 Å². The van der Waals surface area contributed by atoms with Crippen molar-refractivity contribution in [3.8, 4) is 0 Å². The van der Waals surface area contributed by atoms with E-state index < -0.39 is 5.54 Å². The zero-order valence-electron chi connectivity index (χ0n) is 18.6. The average molecular weight is 423 g/mol. The molecule has 1 N–H and O–H groups in total. The monoisotopic (exact) mass is 422 g/mol. The number of hydrogen-bond acceptors (Lipinski definition) is 5. The zero-order chi connectivity index (χ0) is 22.0. The van der Waals surface area contributed by atoms with Gasteiger partial charge < -0.3 is 14.8 Å². The highest BCUT2D eigenvalue weighted by atomic mass is 16.5. The third kappa shape index (κ3) is 4.62. The van der Waals surface area contributed by atoms with Gasteiger partial charge in [0, 0.05) is 25.3 Å². The molecular weight excluding hydrogens is 392 g/mol. The molecule has 164 valence electrons. The molecule has 1 fully saturated rings. The van der Waals surface area contributed by atoms with E-state index in [9.17, 15) is 4.79 Å². The maximum Gasteiger partial charge on any atom is 0.274 e. The van der Waals surface area contributed by atoms with Crippen LogP contribution in [0.25, 0.3) is 5.65 Å². The topological polar surface area (TPSA) is 77.8 Å². The fourth-order valence-electron chi connectivity index (χ4n) is 3.75. The third-order valence-corrected chi connectivity index (χ3v) is 5.65. The van der Waals surface area contributed by atoms with Crippen LogP contribution < -0.4 is 5.32 Å². The van der Waals surface area contributed by atoms with Gasteiger partial charge in [-0.2, -0.15) is 0 Å². The Balaban J connectivity index is 1.62. The molecule has 2 aromatic heterocycles. The second-order valence-electron chi connectivity index (χ2n) is 8.58. The Bertz CT molecular complexity index is 1090. The molecule has 0 spiro atoms. The van der Waals surface area contributed by atoms with Gasteiger partial charge >= 0.3 is 0 Å². The highest BCUT2D eigenvalue weighted by molar-refractivity contribution is 5.98. The highest BCUT2D eigenvalue weighted by Gasteiger charge is 2.29. The van der Waals surface area contributed by atoms with Crippen LogP contribution in [0, 0.1) is 0 Å². The minimum absolute atomic E-state index is 0.244. The fraction of sp³-hybridized carbons (Fsp3) is 0.458. The Morgan fingerprint density at radius 2 is 2.06 bits per heavy atom. The van der Waals surface area contributed by atoms with Gasteiger partial charge in [-0.05, 0) is 50.8 Å². The summed E-state index contributed by atoms with van der Waals surface area (Å²) in [5.74, 6) is 0.225. The molecule has 7 nitrogen and oxygen atoms in total. The summed E-state index contributed by atoms with van der Waals surface area (Å²) in [5, 5.41) is 3.14.